The number of carbonyl (C=O) groups is 1. The van der Waals surface area contributed by atoms with Crippen LogP contribution < -0.4 is 4.74 Å². The van der Waals surface area contributed by atoms with Crippen LogP contribution in [0.2, 0.25) is 0 Å². The lowest BCUT2D eigenvalue weighted by Gasteiger charge is -2.46. The second-order valence-corrected chi connectivity index (χ2v) is 8.93. The van der Waals surface area contributed by atoms with E-state index in [1.807, 2.05) is 59.0 Å². The molecule has 5 nitrogen and oxygen atoms in total. The molecule has 6 heteroatoms. The van der Waals surface area contributed by atoms with E-state index in [-0.39, 0.29) is 23.8 Å². The summed E-state index contributed by atoms with van der Waals surface area (Å²) in [6, 6.07) is 12.8. The van der Waals surface area contributed by atoms with Gasteiger partial charge in [0, 0.05) is 17.8 Å². The molecule has 3 aromatic rings. The van der Waals surface area contributed by atoms with Crippen LogP contribution in [0, 0.1) is 12.7 Å². The Bertz CT molecular complexity index is 1200. The zero-order valence-corrected chi connectivity index (χ0v) is 19.0. The normalized spacial score (nSPS) is 21.8. The Morgan fingerprint density at radius 1 is 1.12 bits per heavy atom. The molecule has 0 bridgehead atoms. The molecule has 1 aromatic heterocycles. The number of piperidine rings is 2. The molecule has 1 amide bonds. The van der Waals surface area contributed by atoms with Crippen molar-refractivity contribution in [2.75, 3.05) is 7.11 Å². The van der Waals surface area contributed by atoms with Crippen molar-refractivity contribution in [2.45, 2.75) is 51.1 Å². The van der Waals surface area contributed by atoms with Crippen LogP contribution in [0.3, 0.4) is 0 Å². The number of amides is 1. The minimum Gasteiger partial charge on any atom is -0.495 e. The van der Waals surface area contributed by atoms with Crippen molar-refractivity contribution in [2.24, 2.45) is 0 Å². The summed E-state index contributed by atoms with van der Waals surface area (Å²) < 4.78 is 21.0. The molecule has 0 spiro atoms. The van der Waals surface area contributed by atoms with E-state index in [1.165, 1.54) is 12.1 Å². The highest BCUT2D eigenvalue weighted by Gasteiger charge is 2.39. The maximum Gasteiger partial charge on any atom is 0.250 e. The van der Waals surface area contributed by atoms with Gasteiger partial charge >= 0.3 is 0 Å². The predicted molar refractivity (Wildman–Crippen MR) is 126 cm³/mol. The van der Waals surface area contributed by atoms with Crippen LogP contribution in [0.5, 0.6) is 5.75 Å². The minimum atomic E-state index is -0.250. The molecule has 2 aliphatic rings. The first kappa shape index (κ1) is 21.4. The van der Waals surface area contributed by atoms with Crippen LogP contribution >= 0.6 is 0 Å². The fourth-order valence-electron chi connectivity index (χ4n) is 5.16. The standard InChI is InChI=1S/C27H28FN3O2/c1-18-16-30(17-29-18)25-13-6-19(15-26(25)33-2)14-21-9-12-23-4-3-5-24(31(23)27(21)32)20-7-10-22(28)11-8-20/h6-8,10-11,13-17,23-24H,3-5,9,12H2,1-2H3/b21-14+/t23-,24+/m0/s1. The molecule has 2 aliphatic heterocycles. The second kappa shape index (κ2) is 8.85. The Kier molecular flexibility index (Phi) is 5.75. The number of ether oxygens (including phenoxy) is 1. The van der Waals surface area contributed by atoms with Crippen LogP contribution in [0.1, 0.15) is 55.0 Å². The number of nitrogens with zero attached hydrogens (tertiary/aromatic N) is 3. The Morgan fingerprint density at radius 2 is 1.94 bits per heavy atom. The first-order chi connectivity index (χ1) is 16.0. The van der Waals surface area contributed by atoms with E-state index in [0.717, 1.165) is 65.9 Å². The highest BCUT2D eigenvalue weighted by molar-refractivity contribution is 5.99. The van der Waals surface area contributed by atoms with Gasteiger partial charge in [0.1, 0.15) is 11.6 Å². The molecule has 170 valence electrons. The van der Waals surface area contributed by atoms with Gasteiger partial charge in [-0.3, -0.25) is 4.79 Å². The highest BCUT2D eigenvalue weighted by atomic mass is 19.1. The summed E-state index contributed by atoms with van der Waals surface area (Å²) in [5, 5.41) is 0. The molecule has 33 heavy (non-hydrogen) atoms. The number of rotatable bonds is 4. The topological polar surface area (TPSA) is 47.4 Å². The maximum atomic E-state index is 13.6. The molecule has 2 atom stereocenters. The molecule has 2 fully saturated rings. The third kappa shape index (κ3) is 4.17. The number of carbonyl (C=O) groups excluding carboxylic acids is 1. The summed E-state index contributed by atoms with van der Waals surface area (Å²) in [7, 11) is 1.65. The molecule has 0 saturated carbocycles. The van der Waals surface area contributed by atoms with Gasteiger partial charge < -0.3 is 14.2 Å². The van der Waals surface area contributed by atoms with Gasteiger partial charge in [-0.05, 0) is 80.5 Å². The summed E-state index contributed by atoms with van der Waals surface area (Å²) in [5.41, 5.74) is 4.60. The summed E-state index contributed by atoms with van der Waals surface area (Å²) in [6.07, 6.45) is 10.5. The molecule has 0 aliphatic carbocycles. The Morgan fingerprint density at radius 3 is 2.67 bits per heavy atom. The Hall–Kier alpha value is -3.41. The first-order valence-electron chi connectivity index (χ1n) is 11.5. The monoisotopic (exact) mass is 445 g/mol. The third-order valence-electron chi connectivity index (χ3n) is 6.79. The van der Waals surface area contributed by atoms with Gasteiger partial charge in [0.25, 0.3) is 5.91 Å². The van der Waals surface area contributed by atoms with Crippen LogP contribution in [0.4, 0.5) is 4.39 Å². The zero-order valence-electron chi connectivity index (χ0n) is 19.0. The fraction of sp³-hybridized carbons (Fsp3) is 0.333. The molecule has 5 rings (SSSR count). The number of methoxy groups -OCH3 is 1. The molecular weight excluding hydrogens is 417 g/mol. The molecule has 0 radical (unpaired) electrons. The average molecular weight is 446 g/mol. The van der Waals surface area contributed by atoms with Gasteiger partial charge in [0.15, 0.2) is 0 Å². The van der Waals surface area contributed by atoms with Crippen molar-refractivity contribution in [3.8, 4) is 11.4 Å². The van der Waals surface area contributed by atoms with Gasteiger partial charge in [0.05, 0.1) is 30.9 Å². The summed E-state index contributed by atoms with van der Waals surface area (Å²) in [6.45, 7) is 1.95. The van der Waals surface area contributed by atoms with Gasteiger partial charge in [-0.15, -0.1) is 0 Å². The van der Waals surface area contributed by atoms with Crippen molar-refractivity contribution in [1.82, 2.24) is 14.5 Å². The molecule has 0 unspecified atom stereocenters. The molecule has 2 saturated heterocycles. The number of halogens is 1. The first-order valence-corrected chi connectivity index (χ1v) is 11.5. The van der Waals surface area contributed by atoms with Gasteiger partial charge in [-0.25, -0.2) is 9.37 Å². The van der Waals surface area contributed by atoms with Gasteiger partial charge in [0.2, 0.25) is 0 Å². The summed E-state index contributed by atoms with van der Waals surface area (Å²) >= 11 is 0. The van der Waals surface area contributed by atoms with E-state index >= 15 is 0 Å². The van der Waals surface area contributed by atoms with Crippen molar-refractivity contribution in [3.63, 3.8) is 0 Å². The number of hydrogen-bond acceptors (Lipinski definition) is 3. The lowest BCUT2D eigenvalue weighted by atomic mass is 9.84. The quantitative estimate of drug-likeness (QED) is 0.489. The number of fused-ring (bicyclic) bond motifs is 1. The van der Waals surface area contributed by atoms with E-state index in [4.69, 9.17) is 4.74 Å². The lowest BCUT2D eigenvalue weighted by molar-refractivity contribution is -0.136. The largest absolute Gasteiger partial charge is 0.495 e. The van der Waals surface area contributed by atoms with Crippen LogP contribution in [0.15, 0.2) is 60.6 Å². The fourth-order valence-corrected chi connectivity index (χ4v) is 5.16. The number of imidazole rings is 1. The van der Waals surface area contributed by atoms with E-state index in [9.17, 15) is 9.18 Å². The molecular formula is C27H28FN3O2. The van der Waals surface area contributed by atoms with Crippen LogP contribution in [-0.4, -0.2) is 33.5 Å². The summed E-state index contributed by atoms with van der Waals surface area (Å²) in [4.78, 5) is 19.9. The maximum absolute atomic E-state index is 13.6. The minimum absolute atomic E-state index is 0.00180. The summed E-state index contributed by atoms with van der Waals surface area (Å²) in [5.74, 6) is 0.568. The lowest BCUT2D eigenvalue weighted by Crippen LogP contribution is -2.49. The number of aromatic nitrogens is 2. The van der Waals surface area contributed by atoms with Crippen LogP contribution in [-0.2, 0) is 4.79 Å². The van der Waals surface area contributed by atoms with Crippen LogP contribution in [0.25, 0.3) is 11.8 Å². The predicted octanol–water partition coefficient (Wildman–Crippen LogP) is 5.63. The Balaban J connectivity index is 1.44. The third-order valence-corrected chi connectivity index (χ3v) is 6.79. The Labute approximate surface area is 193 Å². The molecule has 0 N–H and O–H groups in total. The van der Waals surface area contributed by atoms with E-state index in [1.54, 1.807) is 13.4 Å². The van der Waals surface area contributed by atoms with Crippen molar-refractivity contribution in [3.05, 3.63) is 83.2 Å². The van der Waals surface area contributed by atoms with Crippen molar-refractivity contribution >= 4 is 12.0 Å². The molecule has 2 aromatic carbocycles. The second-order valence-electron chi connectivity index (χ2n) is 8.93. The van der Waals surface area contributed by atoms with Gasteiger partial charge in [-0.2, -0.15) is 0 Å². The van der Waals surface area contributed by atoms with E-state index in [0.29, 0.717) is 0 Å². The zero-order chi connectivity index (χ0) is 22.9. The molecule has 3 heterocycles. The number of benzene rings is 2. The number of hydrogen-bond donors (Lipinski definition) is 0. The smallest absolute Gasteiger partial charge is 0.250 e. The van der Waals surface area contributed by atoms with E-state index in [2.05, 4.69) is 4.98 Å². The SMILES string of the molecule is COc1cc(/C=C2\CC[C@@H]3CCC[C@H](c4ccc(F)cc4)N3C2=O)ccc1-n1cnc(C)c1. The van der Waals surface area contributed by atoms with Crippen molar-refractivity contribution < 1.29 is 13.9 Å². The highest BCUT2D eigenvalue weighted by Crippen LogP contribution is 2.41. The number of aryl methyl sites for hydroxylation is 1. The average Bonchev–Trinajstić information content (AvgIpc) is 3.27. The van der Waals surface area contributed by atoms with Crippen molar-refractivity contribution in [1.29, 1.82) is 0 Å². The van der Waals surface area contributed by atoms with E-state index < -0.39 is 0 Å². The van der Waals surface area contributed by atoms with Gasteiger partial charge in [-0.1, -0.05) is 18.2 Å².